The minimum atomic E-state index is -0.484. The number of imidazole rings is 1. The second kappa shape index (κ2) is 7.27. The lowest BCUT2D eigenvalue weighted by Gasteiger charge is -2.11. The van der Waals surface area contributed by atoms with Gasteiger partial charge in [-0.2, -0.15) is 4.98 Å². The molecule has 0 spiro atoms. The van der Waals surface area contributed by atoms with Gasteiger partial charge < -0.3 is 9.84 Å². The van der Waals surface area contributed by atoms with E-state index in [0.717, 1.165) is 19.3 Å². The highest BCUT2D eigenvalue weighted by Crippen LogP contribution is 2.37. The molecule has 0 saturated heterocycles. The van der Waals surface area contributed by atoms with E-state index in [1.165, 1.54) is 19.4 Å². The number of nitrogens with zero attached hydrogens (tertiary/aromatic N) is 3. The first-order valence-corrected chi connectivity index (χ1v) is 8.52. The minimum Gasteiger partial charge on any atom is -0.494 e. The summed E-state index contributed by atoms with van der Waals surface area (Å²) < 4.78 is 20.8. The van der Waals surface area contributed by atoms with E-state index in [1.54, 1.807) is 16.7 Å². The van der Waals surface area contributed by atoms with E-state index in [1.807, 2.05) is 0 Å². The highest BCUT2D eigenvalue weighted by Gasteiger charge is 2.19. The van der Waals surface area contributed by atoms with Crippen molar-refractivity contribution < 1.29 is 14.2 Å². The molecule has 0 aliphatic heterocycles. The Morgan fingerprint density at radius 2 is 2.12 bits per heavy atom. The van der Waals surface area contributed by atoms with Crippen molar-refractivity contribution in [3.05, 3.63) is 35.2 Å². The summed E-state index contributed by atoms with van der Waals surface area (Å²) in [6.45, 7) is 2.69. The molecule has 2 aromatic heterocycles. The molecule has 25 heavy (non-hydrogen) atoms. The maximum absolute atomic E-state index is 14.2. The van der Waals surface area contributed by atoms with Gasteiger partial charge in [0, 0.05) is 18.3 Å². The Labute approximate surface area is 150 Å². The molecular weight excluding hydrogens is 345 g/mol. The molecule has 2 heterocycles. The number of aromatic nitrogens is 3. The van der Waals surface area contributed by atoms with Gasteiger partial charge in [-0.15, -0.1) is 0 Å². The van der Waals surface area contributed by atoms with Crippen molar-refractivity contribution in [3.8, 4) is 22.9 Å². The maximum atomic E-state index is 14.2. The first-order chi connectivity index (χ1) is 12.1. The number of aromatic hydroxyl groups is 1. The van der Waals surface area contributed by atoms with E-state index in [4.69, 9.17) is 16.3 Å². The molecular formula is C18H19ClFN3O2. The van der Waals surface area contributed by atoms with E-state index in [2.05, 4.69) is 16.9 Å². The van der Waals surface area contributed by atoms with Crippen LogP contribution in [0.15, 0.2) is 24.4 Å². The van der Waals surface area contributed by atoms with Gasteiger partial charge in [0.05, 0.1) is 17.6 Å². The lowest BCUT2D eigenvalue weighted by Crippen LogP contribution is -2.00. The summed E-state index contributed by atoms with van der Waals surface area (Å²) >= 11 is 6.37. The van der Waals surface area contributed by atoms with Gasteiger partial charge in [0.15, 0.2) is 17.2 Å². The smallest absolute Gasteiger partial charge is 0.296 e. The molecule has 0 saturated carbocycles. The summed E-state index contributed by atoms with van der Waals surface area (Å²) in [6, 6.07) is 4.52. The second-order valence-corrected chi connectivity index (χ2v) is 6.18. The topological polar surface area (TPSA) is 60.2 Å². The lowest BCUT2D eigenvalue weighted by molar-refractivity contribution is 0.386. The molecule has 5 nitrogen and oxygen atoms in total. The molecule has 0 aliphatic carbocycles. The first-order valence-electron chi connectivity index (χ1n) is 8.14. The zero-order chi connectivity index (χ0) is 18.0. The highest BCUT2D eigenvalue weighted by molar-refractivity contribution is 6.34. The number of hydrogen-bond acceptors (Lipinski definition) is 4. The monoisotopic (exact) mass is 363 g/mol. The van der Waals surface area contributed by atoms with Crippen molar-refractivity contribution in [3.63, 3.8) is 0 Å². The normalized spacial score (nSPS) is 11.2. The van der Waals surface area contributed by atoms with Gasteiger partial charge in [-0.05, 0) is 24.1 Å². The fourth-order valence-corrected chi connectivity index (χ4v) is 3.14. The van der Waals surface area contributed by atoms with E-state index in [-0.39, 0.29) is 11.8 Å². The van der Waals surface area contributed by atoms with Crippen LogP contribution in [0.5, 0.6) is 11.8 Å². The number of hydrogen-bond donors (Lipinski definition) is 1. The Kier molecular flexibility index (Phi) is 5.08. The van der Waals surface area contributed by atoms with Gasteiger partial charge in [0.2, 0.25) is 0 Å². The molecule has 7 heteroatoms. The number of benzene rings is 1. The van der Waals surface area contributed by atoms with Crippen molar-refractivity contribution >= 4 is 22.8 Å². The van der Waals surface area contributed by atoms with Crippen LogP contribution in [0.3, 0.4) is 0 Å². The number of aryl methyl sites for hydroxylation is 1. The average molecular weight is 364 g/mol. The molecule has 0 bridgehead atoms. The molecule has 0 unspecified atom stereocenters. The summed E-state index contributed by atoms with van der Waals surface area (Å²) in [5.74, 6) is -0.327. The summed E-state index contributed by atoms with van der Waals surface area (Å²) in [6.07, 6.45) is 4.44. The molecule has 0 amide bonds. The van der Waals surface area contributed by atoms with Crippen molar-refractivity contribution in [2.75, 3.05) is 7.11 Å². The summed E-state index contributed by atoms with van der Waals surface area (Å²) in [5, 5.41) is 10.6. The quantitative estimate of drug-likeness (QED) is 0.639. The predicted octanol–water partition coefficient (Wildman–Crippen LogP) is 4.80. The molecule has 1 aromatic carbocycles. The van der Waals surface area contributed by atoms with Crippen molar-refractivity contribution in [1.29, 1.82) is 0 Å². The van der Waals surface area contributed by atoms with Crippen LogP contribution in [0, 0.1) is 5.82 Å². The Morgan fingerprint density at radius 3 is 2.80 bits per heavy atom. The van der Waals surface area contributed by atoms with Crippen LogP contribution >= 0.6 is 11.6 Å². The van der Waals surface area contributed by atoms with Crippen molar-refractivity contribution in [1.82, 2.24) is 14.5 Å². The van der Waals surface area contributed by atoms with Gasteiger partial charge in [-0.3, -0.25) is 4.57 Å². The molecule has 0 atom stereocenters. The Morgan fingerprint density at radius 1 is 1.32 bits per heavy atom. The number of rotatable bonds is 6. The van der Waals surface area contributed by atoms with E-state index < -0.39 is 5.82 Å². The van der Waals surface area contributed by atoms with Gasteiger partial charge in [0.25, 0.3) is 6.01 Å². The average Bonchev–Trinajstić information content (AvgIpc) is 2.91. The van der Waals surface area contributed by atoms with Crippen LogP contribution in [-0.2, 0) is 6.54 Å². The van der Waals surface area contributed by atoms with E-state index in [9.17, 15) is 9.50 Å². The molecule has 0 radical (unpaired) electrons. The number of halogens is 2. The fourth-order valence-electron chi connectivity index (χ4n) is 2.89. The molecule has 0 fully saturated rings. The SMILES string of the molecule is CCCCCn1c(O)nc2ncc(Cl)c(-c3ccc(OC)c(F)c3)c21. The number of fused-ring (bicyclic) bond motifs is 1. The summed E-state index contributed by atoms with van der Waals surface area (Å²) in [4.78, 5) is 8.30. The Hall–Kier alpha value is -2.34. The number of methoxy groups -OCH3 is 1. The zero-order valence-corrected chi connectivity index (χ0v) is 14.8. The van der Waals surface area contributed by atoms with E-state index in [0.29, 0.717) is 33.9 Å². The standard InChI is InChI=1S/C18H19ClFN3O2/c1-3-4-5-8-23-16-15(11-6-7-14(25-2)13(20)9-11)12(19)10-21-17(16)22-18(23)24/h6-7,9-10H,3-5,8H2,1-2H3,(H,21,22,24). The maximum Gasteiger partial charge on any atom is 0.296 e. The molecule has 3 aromatic rings. The summed E-state index contributed by atoms with van der Waals surface area (Å²) in [7, 11) is 1.41. The predicted molar refractivity (Wildman–Crippen MR) is 95.7 cm³/mol. The molecule has 1 N–H and O–H groups in total. The molecule has 0 aliphatic rings. The van der Waals surface area contributed by atoms with Crippen LogP contribution < -0.4 is 4.74 Å². The Balaban J connectivity index is 2.19. The second-order valence-electron chi connectivity index (χ2n) is 5.77. The third kappa shape index (κ3) is 3.26. The minimum absolute atomic E-state index is 0.115. The van der Waals surface area contributed by atoms with Crippen molar-refractivity contribution in [2.24, 2.45) is 0 Å². The lowest BCUT2D eigenvalue weighted by atomic mass is 10.0. The first kappa shape index (κ1) is 17.5. The van der Waals surface area contributed by atoms with Gasteiger partial charge in [-0.1, -0.05) is 37.4 Å². The largest absolute Gasteiger partial charge is 0.494 e. The van der Waals surface area contributed by atoms with Crippen LogP contribution in [-0.4, -0.2) is 26.8 Å². The van der Waals surface area contributed by atoms with Gasteiger partial charge in [0.1, 0.15) is 0 Å². The van der Waals surface area contributed by atoms with Crippen LogP contribution in [0.25, 0.3) is 22.3 Å². The number of ether oxygens (including phenoxy) is 1. The molecule has 132 valence electrons. The van der Waals surface area contributed by atoms with Crippen LogP contribution in [0.1, 0.15) is 26.2 Å². The van der Waals surface area contributed by atoms with Crippen molar-refractivity contribution in [2.45, 2.75) is 32.7 Å². The van der Waals surface area contributed by atoms with E-state index >= 15 is 0 Å². The zero-order valence-electron chi connectivity index (χ0n) is 14.1. The van der Waals surface area contributed by atoms with Crippen LogP contribution in [0.4, 0.5) is 4.39 Å². The Bertz CT molecular complexity index is 911. The van der Waals surface area contributed by atoms with Gasteiger partial charge >= 0.3 is 0 Å². The summed E-state index contributed by atoms with van der Waals surface area (Å²) in [5.41, 5.74) is 2.15. The van der Waals surface area contributed by atoms with Crippen LogP contribution in [0.2, 0.25) is 5.02 Å². The number of pyridine rings is 1. The number of unbranched alkanes of at least 4 members (excludes halogenated alkanes) is 2. The van der Waals surface area contributed by atoms with Gasteiger partial charge in [-0.25, -0.2) is 9.37 Å². The third-order valence-electron chi connectivity index (χ3n) is 4.13. The third-order valence-corrected chi connectivity index (χ3v) is 4.42. The fraction of sp³-hybridized carbons (Fsp3) is 0.333. The molecule has 3 rings (SSSR count). The highest BCUT2D eigenvalue weighted by atomic mass is 35.5.